The largest absolute Gasteiger partial charge is 0.464 e. The summed E-state index contributed by atoms with van der Waals surface area (Å²) in [4.78, 5) is 10.9. The fraction of sp³-hybridized carbons (Fsp3) is 0.250. The Bertz CT molecular complexity index is 745. The van der Waals surface area contributed by atoms with E-state index < -0.39 is 0 Å². The summed E-state index contributed by atoms with van der Waals surface area (Å²) in [5, 5.41) is 6.92. The average Bonchev–Trinajstić information content (AvgIpc) is 2.88. The molecule has 6 heteroatoms. The molecule has 2 rings (SSSR count). The number of anilines is 1. The van der Waals surface area contributed by atoms with Gasteiger partial charge in [-0.2, -0.15) is 0 Å². The number of carbonyl (C=O) groups is 1. The van der Waals surface area contributed by atoms with Gasteiger partial charge < -0.3 is 15.5 Å². The van der Waals surface area contributed by atoms with Crippen LogP contribution in [0.1, 0.15) is 31.2 Å². The summed E-state index contributed by atoms with van der Waals surface area (Å²) >= 11 is 5.05. The summed E-state index contributed by atoms with van der Waals surface area (Å²) in [6.07, 6.45) is 7.89. The normalized spacial score (nSPS) is 11.6. The molecule has 1 amide bonds. The van der Waals surface area contributed by atoms with Crippen molar-refractivity contribution in [2.24, 2.45) is 5.73 Å². The summed E-state index contributed by atoms with van der Waals surface area (Å²) < 4.78 is 5.56. The Kier molecular flexibility index (Phi) is 5.02. The third-order valence-corrected chi connectivity index (χ3v) is 3.61. The predicted octanol–water partition coefficient (Wildman–Crippen LogP) is 2.68. The first kappa shape index (κ1) is 15.9. The first-order chi connectivity index (χ1) is 10.5. The van der Waals surface area contributed by atoms with Crippen LogP contribution in [-0.2, 0) is 4.79 Å². The molecule has 0 saturated heterocycles. The van der Waals surface area contributed by atoms with Crippen molar-refractivity contribution in [3.63, 3.8) is 0 Å². The quantitative estimate of drug-likeness (QED) is 0.449. The topological polar surface area (TPSA) is 80.3 Å². The molecule has 0 bridgehead atoms. The van der Waals surface area contributed by atoms with E-state index in [1.54, 1.807) is 6.26 Å². The molecule has 1 aromatic carbocycles. The highest BCUT2D eigenvalue weighted by Crippen LogP contribution is 2.32. The lowest BCUT2D eigenvalue weighted by molar-refractivity contribution is -0.118. The second-order valence-corrected chi connectivity index (χ2v) is 5.44. The van der Waals surface area contributed by atoms with Crippen LogP contribution in [0.5, 0.6) is 0 Å². The van der Waals surface area contributed by atoms with Crippen LogP contribution in [0.4, 0.5) is 5.69 Å². The summed E-state index contributed by atoms with van der Waals surface area (Å²) in [5.41, 5.74) is 7.83. The van der Waals surface area contributed by atoms with E-state index in [0.717, 1.165) is 22.2 Å². The molecule has 5 nitrogen and oxygen atoms in total. The second kappa shape index (κ2) is 6.96. The molecule has 1 unspecified atom stereocenters. The minimum absolute atomic E-state index is 0.166. The van der Waals surface area contributed by atoms with Gasteiger partial charge in [0.2, 0.25) is 5.91 Å². The smallest absolute Gasteiger partial charge is 0.217 e. The average molecular weight is 315 g/mol. The summed E-state index contributed by atoms with van der Waals surface area (Å²) in [6.45, 7) is 2.04. The van der Waals surface area contributed by atoms with E-state index >= 15 is 0 Å². The van der Waals surface area contributed by atoms with E-state index in [1.165, 1.54) is 0 Å². The maximum Gasteiger partial charge on any atom is 0.217 e. The van der Waals surface area contributed by atoms with Crippen molar-refractivity contribution in [2.45, 2.75) is 25.7 Å². The zero-order valence-corrected chi connectivity index (χ0v) is 13.0. The molecule has 0 saturated carbocycles. The molecule has 1 heterocycles. The Labute approximate surface area is 134 Å². The van der Waals surface area contributed by atoms with Crippen molar-refractivity contribution in [1.82, 2.24) is 5.32 Å². The fourth-order valence-electron chi connectivity index (χ4n) is 2.25. The van der Waals surface area contributed by atoms with Crippen molar-refractivity contribution >= 4 is 39.9 Å². The summed E-state index contributed by atoms with van der Waals surface area (Å²) in [5.74, 6) is -0.132. The molecule has 0 aliphatic carbocycles. The van der Waals surface area contributed by atoms with Gasteiger partial charge in [-0.05, 0) is 42.8 Å². The molecule has 0 spiro atoms. The van der Waals surface area contributed by atoms with Gasteiger partial charge in [0, 0.05) is 29.1 Å². The highest BCUT2D eigenvalue weighted by Gasteiger charge is 2.14. The molecular formula is C16H17N3O2S. The molecule has 1 aromatic heterocycles. The zero-order chi connectivity index (χ0) is 16.1. The maximum atomic E-state index is 10.9. The van der Waals surface area contributed by atoms with Gasteiger partial charge in [-0.15, -0.1) is 0 Å². The molecule has 114 valence electrons. The van der Waals surface area contributed by atoms with Crippen LogP contribution in [0, 0.1) is 12.5 Å². The van der Waals surface area contributed by atoms with Crippen LogP contribution in [0.2, 0.25) is 0 Å². The molecular weight excluding hydrogens is 298 g/mol. The van der Waals surface area contributed by atoms with E-state index in [4.69, 9.17) is 28.8 Å². The van der Waals surface area contributed by atoms with Crippen LogP contribution >= 0.6 is 12.2 Å². The van der Waals surface area contributed by atoms with Crippen LogP contribution in [0.3, 0.4) is 0 Å². The molecule has 2 aromatic rings. The third kappa shape index (κ3) is 3.77. The number of nitrogens with two attached hydrogens (primary N) is 1. The first-order valence-corrected chi connectivity index (χ1v) is 7.24. The SMILES string of the molecule is C#CNC(=S)Nc1ccc2occ(C(C)CCC(N)=O)c2c1. The van der Waals surface area contributed by atoms with Gasteiger partial charge in [0.15, 0.2) is 5.11 Å². The number of fused-ring (bicyclic) bond motifs is 1. The van der Waals surface area contributed by atoms with Crippen LogP contribution in [0.15, 0.2) is 28.9 Å². The molecule has 0 aliphatic heterocycles. The number of benzene rings is 1. The number of furan rings is 1. The van der Waals surface area contributed by atoms with Crippen molar-refractivity contribution < 1.29 is 9.21 Å². The number of hydrogen-bond acceptors (Lipinski definition) is 3. The summed E-state index contributed by atoms with van der Waals surface area (Å²) in [7, 11) is 0. The van der Waals surface area contributed by atoms with Crippen molar-refractivity contribution in [2.75, 3.05) is 5.32 Å². The lowest BCUT2D eigenvalue weighted by Crippen LogP contribution is -2.23. The molecule has 0 radical (unpaired) electrons. The molecule has 0 fully saturated rings. The number of thiocarbonyl (C=S) groups is 1. The predicted molar refractivity (Wildman–Crippen MR) is 91.2 cm³/mol. The number of terminal acetylenes is 1. The minimum Gasteiger partial charge on any atom is -0.464 e. The van der Waals surface area contributed by atoms with Crippen molar-refractivity contribution in [3.8, 4) is 12.5 Å². The highest BCUT2D eigenvalue weighted by atomic mass is 32.1. The Morgan fingerprint density at radius 2 is 2.32 bits per heavy atom. The third-order valence-electron chi connectivity index (χ3n) is 3.40. The number of primary amides is 1. The van der Waals surface area contributed by atoms with E-state index in [2.05, 4.69) is 16.7 Å². The molecule has 4 N–H and O–H groups in total. The van der Waals surface area contributed by atoms with Crippen molar-refractivity contribution in [1.29, 1.82) is 0 Å². The summed E-state index contributed by atoms with van der Waals surface area (Å²) in [6, 6.07) is 7.92. The number of rotatable bonds is 5. The Hall–Kier alpha value is -2.52. The van der Waals surface area contributed by atoms with E-state index in [9.17, 15) is 4.79 Å². The van der Waals surface area contributed by atoms with Gasteiger partial charge in [-0.1, -0.05) is 13.3 Å². The standard InChI is InChI=1S/C16H17N3O2S/c1-3-18-16(22)19-11-5-6-14-12(8-11)13(9-21-14)10(2)4-7-15(17)20/h1,5-6,8-10H,4,7H2,2H3,(H2,17,20)(H2,18,19,22). The van der Waals surface area contributed by atoms with Gasteiger partial charge in [0.25, 0.3) is 0 Å². The molecule has 22 heavy (non-hydrogen) atoms. The Morgan fingerprint density at radius 1 is 1.55 bits per heavy atom. The highest BCUT2D eigenvalue weighted by molar-refractivity contribution is 7.80. The minimum atomic E-state index is -0.298. The Balaban J connectivity index is 2.23. The van der Waals surface area contributed by atoms with E-state index in [-0.39, 0.29) is 11.8 Å². The van der Waals surface area contributed by atoms with Crippen LogP contribution in [0.25, 0.3) is 11.0 Å². The van der Waals surface area contributed by atoms with Gasteiger partial charge in [0.05, 0.1) is 6.26 Å². The van der Waals surface area contributed by atoms with Gasteiger partial charge in [0.1, 0.15) is 5.58 Å². The maximum absolute atomic E-state index is 10.9. The fourth-order valence-corrected chi connectivity index (χ4v) is 2.43. The lowest BCUT2D eigenvalue weighted by atomic mass is 9.95. The molecule has 0 aliphatic rings. The van der Waals surface area contributed by atoms with E-state index in [0.29, 0.717) is 18.0 Å². The van der Waals surface area contributed by atoms with Gasteiger partial charge in [-0.3, -0.25) is 10.1 Å². The Morgan fingerprint density at radius 3 is 3.00 bits per heavy atom. The zero-order valence-electron chi connectivity index (χ0n) is 12.2. The van der Waals surface area contributed by atoms with Crippen molar-refractivity contribution in [3.05, 3.63) is 30.0 Å². The van der Waals surface area contributed by atoms with E-state index in [1.807, 2.05) is 25.1 Å². The van der Waals surface area contributed by atoms with Gasteiger partial charge >= 0.3 is 0 Å². The second-order valence-electron chi connectivity index (χ2n) is 5.03. The number of hydrogen-bond donors (Lipinski definition) is 3. The molecule has 1 atom stereocenters. The number of amides is 1. The van der Waals surface area contributed by atoms with Gasteiger partial charge in [-0.25, -0.2) is 0 Å². The first-order valence-electron chi connectivity index (χ1n) is 6.83. The van der Waals surface area contributed by atoms with Crippen LogP contribution in [-0.4, -0.2) is 11.0 Å². The van der Waals surface area contributed by atoms with Crippen LogP contribution < -0.4 is 16.4 Å². The number of carbonyl (C=O) groups excluding carboxylic acids is 1. The monoisotopic (exact) mass is 315 g/mol. The lowest BCUT2D eigenvalue weighted by Gasteiger charge is -2.10. The number of nitrogens with one attached hydrogen (secondary N) is 2.